The molecule has 2 rings (SSSR count). The molecule has 0 aliphatic rings. The van der Waals surface area contributed by atoms with Gasteiger partial charge in [-0.3, -0.25) is 5.32 Å². The highest BCUT2D eigenvalue weighted by Crippen LogP contribution is 2.20. The Balaban J connectivity index is 2.02. The summed E-state index contributed by atoms with van der Waals surface area (Å²) in [5.41, 5.74) is 1.40. The number of carbonyl (C=O) groups excluding carboxylic acids is 1. The molecule has 5 heteroatoms. The number of nitrogens with one attached hydrogen (secondary N) is 1. The number of hydrogen-bond donors (Lipinski definition) is 1. The number of ether oxygens (including phenoxy) is 3. The first-order valence-corrected chi connectivity index (χ1v) is 9.11. The second-order valence-electron chi connectivity index (χ2n) is 7.24. The van der Waals surface area contributed by atoms with Gasteiger partial charge in [0.2, 0.25) is 0 Å². The summed E-state index contributed by atoms with van der Waals surface area (Å²) in [7, 11) is 1.64. The number of esters is 1. The third-order valence-electron chi connectivity index (χ3n) is 3.77. The molecule has 0 spiro atoms. The molecule has 0 amide bonds. The molecule has 0 fully saturated rings. The maximum Gasteiger partial charge on any atom is 0.328 e. The zero-order valence-corrected chi connectivity index (χ0v) is 16.5. The fourth-order valence-corrected chi connectivity index (χ4v) is 2.51. The second-order valence-corrected chi connectivity index (χ2v) is 7.24. The summed E-state index contributed by atoms with van der Waals surface area (Å²) in [6, 6.07) is 16.9. The molecule has 0 bridgehead atoms. The van der Waals surface area contributed by atoms with Crippen LogP contribution in [0.5, 0.6) is 5.75 Å². The maximum atomic E-state index is 12.7. The minimum atomic E-state index is -0.535. The van der Waals surface area contributed by atoms with Crippen molar-refractivity contribution < 1.29 is 19.0 Å². The van der Waals surface area contributed by atoms with Gasteiger partial charge >= 0.3 is 5.97 Å². The fraction of sp³-hybridized carbons (Fsp3) is 0.409. The minimum Gasteiger partial charge on any atom is -0.491 e. The van der Waals surface area contributed by atoms with E-state index in [1.807, 2.05) is 75.4 Å². The smallest absolute Gasteiger partial charge is 0.328 e. The van der Waals surface area contributed by atoms with E-state index in [-0.39, 0.29) is 5.97 Å². The van der Waals surface area contributed by atoms with Gasteiger partial charge in [-0.05, 0) is 44.0 Å². The van der Waals surface area contributed by atoms with E-state index >= 15 is 0 Å². The lowest BCUT2D eigenvalue weighted by Gasteiger charge is -2.25. The van der Waals surface area contributed by atoms with Gasteiger partial charge in [-0.15, -0.1) is 0 Å². The second kappa shape index (κ2) is 10.1. The van der Waals surface area contributed by atoms with Gasteiger partial charge in [0.25, 0.3) is 0 Å². The van der Waals surface area contributed by atoms with Crippen LogP contribution in [0.4, 0.5) is 0 Å². The summed E-state index contributed by atoms with van der Waals surface area (Å²) in [6.07, 6.45) is 0. The van der Waals surface area contributed by atoms with Gasteiger partial charge in [0.1, 0.15) is 24.0 Å². The average Bonchev–Trinajstić information content (AvgIpc) is 2.63. The molecule has 146 valence electrons. The predicted molar refractivity (Wildman–Crippen MR) is 106 cm³/mol. The Bertz CT molecular complexity index is 693. The van der Waals surface area contributed by atoms with Crippen LogP contribution >= 0.6 is 0 Å². The lowest BCUT2D eigenvalue weighted by Crippen LogP contribution is -2.34. The Labute approximate surface area is 161 Å². The highest BCUT2D eigenvalue weighted by molar-refractivity contribution is 5.78. The zero-order valence-electron chi connectivity index (χ0n) is 16.5. The van der Waals surface area contributed by atoms with Crippen molar-refractivity contribution in [2.24, 2.45) is 0 Å². The molecule has 1 N–H and O–H groups in total. The molecule has 1 atom stereocenters. The lowest BCUT2D eigenvalue weighted by molar-refractivity contribution is -0.157. The van der Waals surface area contributed by atoms with E-state index in [1.165, 1.54) is 0 Å². The normalized spacial score (nSPS) is 12.4. The molecule has 0 radical (unpaired) electrons. The Kier molecular flexibility index (Phi) is 7.82. The van der Waals surface area contributed by atoms with Gasteiger partial charge in [-0.1, -0.05) is 42.5 Å². The zero-order chi connectivity index (χ0) is 19.7. The van der Waals surface area contributed by atoms with Crippen LogP contribution in [0, 0.1) is 0 Å². The Hall–Kier alpha value is -2.37. The first-order valence-electron chi connectivity index (χ1n) is 9.11. The Morgan fingerprint density at radius 2 is 1.67 bits per heavy atom. The summed E-state index contributed by atoms with van der Waals surface area (Å²) in [5, 5.41) is 3.31. The minimum absolute atomic E-state index is 0.284. The standard InChI is InChI=1S/C22H29NO4/c1-22(2,3)27-21(24)20(18-8-6-5-7-9-18)23-16-17-10-12-19(13-11-17)26-15-14-25-4/h5-13,20,23H,14-16H2,1-4H3/t20-/m1/s1. The van der Waals surface area contributed by atoms with Crippen molar-refractivity contribution in [2.75, 3.05) is 20.3 Å². The van der Waals surface area contributed by atoms with Crippen LogP contribution in [0.2, 0.25) is 0 Å². The molecule has 0 aliphatic heterocycles. The van der Waals surface area contributed by atoms with Crippen LogP contribution < -0.4 is 10.1 Å². The van der Waals surface area contributed by atoms with E-state index < -0.39 is 11.6 Å². The monoisotopic (exact) mass is 371 g/mol. The van der Waals surface area contributed by atoms with Gasteiger partial charge < -0.3 is 14.2 Å². The molecule has 0 unspecified atom stereocenters. The molecule has 0 heterocycles. The van der Waals surface area contributed by atoms with Crippen LogP contribution in [-0.4, -0.2) is 31.9 Å². The largest absolute Gasteiger partial charge is 0.491 e. The fourth-order valence-electron chi connectivity index (χ4n) is 2.51. The highest BCUT2D eigenvalue weighted by atomic mass is 16.6. The molecule has 2 aromatic rings. The number of carbonyl (C=O) groups is 1. The van der Waals surface area contributed by atoms with Crippen LogP contribution in [-0.2, 0) is 20.8 Å². The van der Waals surface area contributed by atoms with Gasteiger partial charge in [0.15, 0.2) is 0 Å². The van der Waals surface area contributed by atoms with Crippen LogP contribution in [0.15, 0.2) is 54.6 Å². The third-order valence-corrected chi connectivity index (χ3v) is 3.77. The predicted octanol–water partition coefficient (Wildman–Crippen LogP) is 3.88. The molecule has 27 heavy (non-hydrogen) atoms. The van der Waals surface area contributed by atoms with E-state index in [0.717, 1.165) is 16.9 Å². The van der Waals surface area contributed by atoms with E-state index in [9.17, 15) is 4.79 Å². The van der Waals surface area contributed by atoms with E-state index in [2.05, 4.69) is 5.32 Å². The number of methoxy groups -OCH3 is 1. The Morgan fingerprint density at radius 1 is 1.00 bits per heavy atom. The molecule has 0 aliphatic carbocycles. The van der Waals surface area contributed by atoms with Crippen molar-refractivity contribution in [1.82, 2.24) is 5.32 Å². The van der Waals surface area contributed by atoms with E-state index in [4.69, 9.17) is 14.2 Å². The topological polar surface area (TPSA) is 56.8 Å². The summed E-state index contributed by atoms with van der Waals surface area (Å²) in [6.45, 7) is 7.22. The van der Waals surface area contributed by atoms with Crippen molar-refractivity contribution in [1.29, 1.82) is 0 Å². The summed E-state index contributed by atoms with van der Waals surface area (Å²) >= 11 is 0. The third kappa shape index (κ3) is 7.41. The molecular weight excluding hydrogens is 342 g/mol. The number of benzene rings is 2. The molecule has 5 nitrogen and oxygen atoms in total. The lowest BCUT2D eigenvalue weighted by atomic mass is 10.1. The van der Waals surface area contributed by atoms with Crippen LogP contribution in [0.1, 0.15) is 37.9 Å². The molecule has 0 saturated heterocycles. The summed E-state index contributed by atoms with van der Waals surface area (Å²) in [5.74, 6) is 0.510. The van der Waals surface area contributed by atoms with Crippen molar-refractivity contribution in [3.63, 3.8) is 0 Å². The summed E-state index contributed by atoms with van der Waals surface area (Å²) < 4.78 is 16.1. The first kappa shape index (κ1) is 20.9. The maximum absolute atomic E-state index is 12.7. The van der Waals surface area contributed by atoms with Crippen LogP contribution in [0.3, 0.4) is 0 Å². The van der Waals surface area contributed by atoms with Gasteiger partial charge in [0.05, 0.1) is 6.61 Å². The van der Waals surface area contributed by atoms with Gasteiger partial charge in [-0.25, -0.2) is 4.79 Å². The van der Waals surface area contributed by atoms with Gasteiger partial charge in [-0.2, -0.15) is 0 Å². The van der Waals surface area contributed by atoms with E-state index in [1.54, 1.807) is 7.11 Å². The average molecular weight is 371 g/mol. The highest BCUT2D eigenvalue weighted by Gasteiger charge is 2.26. The summed E-state index contributed by atoms with van der Waals surface area (Å²) in [4.78, 5) is 12.7. The van der Waals surface area contributed by atoms with Crippen molar-refractivity contribution >= 4 is 5.97 Å². The molecule has 0 saturated carbocycles. The Morgan fingerprint density at radius 3 is 2.26 bits per heavy atom. The first-order chi connectivity index (χ1) is 12.9. The van der Waals surface area contributed by atoms with E-state index in [0.29, 0.717) is 19.8 Å². The van der Waals surface area contributed by atoms with Crippen molar-refractivity contribution in [3.8, 4) is 5.75 Å². The van der Waals surface area contributed by atoms with Gasteiger partial charge in [0, 0.05) is 13.7 Å². The number of hydrogen-bond acceptors (Lipinski definition) is 5. The van der Waals surface area contributed by atoms with Crippen molar-refractivity contribution in [2.45, 2.75) is 39.0 Å². The van der Waals surface area contributed by atoms with Crippen LogP contribution in [0.25, 0.3) is 0 Å². The quantitative estimate of drug-likeness (QED) is 0.535. The SMILES string of the molecule is COCCOc1ccc(CN[C@@H](C(=O)OC(C)(C)C)c2ccccc2)cc1. The molecule has 0 aromatic heterocycles. The molecular formula is C22H29NO4. The van der Waals surface area contributed by atoms with Crippen molar-refractivity contribution in [3.05, 3.63) is 65.7 Å². The molecule has 2 aromatic carbocycles. The number of rotatable bonds is 9.